The smallest absolute Gasteiger partial charge is 0 e. The molecule has 0 saturated carbocycles. The average Bonchev–Trinajstić information content (AvgIpc) is 0. The van der Waals surface area contributed by atoms with E-state index in [1.807, 2.05) is 0 Å². The Hall–Kier alpha value is 4.12. The molecule has 0 bridgehead atoms. The Morgan fingerprint density at radius 3 is 1.00 bits per heavy atom. The summed E-state index contributed by atoms with van der Waals surface area (Å²) in [6.07, 6.45) is 0. The predicted octanol–water partition coefficient (Wildman–Crippen LogP) is -3.29. The third kappa shape index (κ3) is 17.9. The van der Waals surface area contributed by atoms with Crippen molar-refractivity contribution >= 4 is 89.8 Å². The summed E-state index contributed by atoms with van der Waals surface area (Å²) < 4.78 is 0. The van der Waals surface area contributed by atoms with Crippen molar-refractivity contribution in [3.8, 4) is 0 Å². The zero-order valence-electron chi connectivity index (χ0n) is 1.51. The van der Waals surface area contributed by atoms with Crippen LogP contribution in [0.4, 0.5) is 0 Å². The monoisotopic (exact) mass is 479 g/mol. The van der Waals surface area contributed by atoms with Gasteiger partial charge in [-0.25, -0.2) is 0 Å². The molecule has 0 N–H and O–H groups in total. The largest absolute Gasteiger partial charge is 0 e. The molecule has 0 rings (SSSR count). The first-order chi connectivity index (χ1) is 0. The van der Waals surface area contributed by atoms with E-state index in [1.165, 1.54) is 0 Å². The van der Waals surface area contributed by atoms with Gasteiger partial charge < -0.3 is 0 Å². The van der Waals surface area contributed by atoms with Gasteiger partial charge in [0.1, 0.15) is 0 Å². The molecule has 0 aromatic carbocycles. The Bertz CT molecular complexity index is 11.6. The van der Waals surface area contributed by atoms with Gasteiger partial charge in [-0.15, -0.1) is 0 Å². The SMILES string of the molecule is [BiH3].[CaH2].[Fe].[InH3].[V]. The molecule has 0 nitrogen and oxygen atoms in total. The van der Waals surface area contributed by atoms with Crippen molar-refractivity contribution in [2.45, 2.75) is 0 Å². The van der Waals surface area contributed by atoms with Gasteiger partial charge in [0.2, 0.25) is 0 Å². The van der Waals surface area contributed by atoms with Crippen LogP contribution in [0, 0.1) is 0 Å². The normalized spacial score (nSPS) is 0. The second-order valence-electron chi connectivity index (χ2n) is 0. The van der Waals surface area contributed by atoms with Crippen LogP contribution in [0.2, 0.25) is 0 Å². The molecule has 0 aliphatic carbocycles. The van der Waals surface area contributed by atoms with Crippen LogP contribution in [-0.4, -0.2) is 89.8 Å². The van der Waals surface area contributed by atoms with Crippen LogP contribution in [0.5, 0.6) is 0 Å². The Morgan fingerprint density at radius 2 is 1.00 bits per heavy atom. The van der Waals surface area contributed by atoms with Gasteiger partial charge in [0.15, 0.2) is 0 Å². The molecule has 31 valence electrons. The van der Waals surface area contributed by atoms with Gasteiger partial charge in [0.25, 0.3) is 0 Å². The fraction of sp³-hybridized carbons (Fsp3) is 0. The first-order valence-electron chi connectivity index (χ1n) is 0. The van der Waals surface area contributed by atoms with E-state index in [1.54, 1.807) is 0 Å². The maximum absolute atomic E-state index is 0. The van der Waals surface area contributed by atoms with Crippen molar-refractivity contribution in [1.82, 2.24) is 0 Å². The van der Waals surface area contributed by atoms with E-state index < -0.39 is 0 Å². The van der Waals surface area contributed by atoms with Crippen molar-refractivity contribution < 1.29 is 35.6 Å². The Morgan fingerprint density at radius 1 is 1.00 bits per heavy atom. The van der Waals surface area contributed by atoms with Crippen molar-refractivity contribution in [2.75, 3.05) is 0 Å². The number of hydrogen-bond donors (Lipinski definition) is 0. The molecule has 1 radical (unpaired) electrons. The summed E-state index contributed by atoms with van der Waals surface area (Å²) in [5, 5.41) is 0. The summed E-state index contributed by atoms with van der Waals surface area (Å²) in [5.74, 6) is 0. The van der Waals surface area contributed by atoms with E-state index in [0.29, 0.717) is 0 Å². The number of rotatable bonds is 0. The van der Waals surface area contributed by atoms with Gasteiger partial charge >= 0.3 is 89.8 Å². The molecule has 0 amide bonds. The molecule has 0 heterocycles. The molecule has 0 spiro atoms. The van der Waals surface area contributed by atoms with Crippen molar-refractivity contribution in [1.29, 1.82) is 0 Å². The topological polar surface area (TPSA) is 0 Å². The second-order valence-corrected chi connectivity index (χ2v) is 0. The predicted molar refractivity (Wildman–Crippen MR) is 28.4 cm³/mol. The van der Waals surface area contributed by atoms with E-state index in [-0.39, 0.29) is 125 Å². The van der Waals surface area contributed by atoms with E-state index >= 15 is 0 Å². The fourth-order valence-electron chi connectivity index (χ4n) is 0. The standard InChI is InChI=1S/Bi.Ca.Fe.In.V.8H. The third-order valence-corrected chi connectivity index (χ3v) is 0. The summed E-state index contributed by atoms with van der Waals surface area (Å²) in [7, 11) is 0. The van der Waals surface area contributed by atoms with Gasteiger partial charge in [-0.05, 0) is 0 Å². The second kappa shape index (κ2) is 24.3. The van der Waals surface area contributed by atoms with E-state index in [4.69, 9.17) is 0 Å². The molecule has 5 heteroatoms. The average molecular weight is 479 g/mol. The first-order valence-corrected chi connectivity index (χ1v) is 0. The van der Waals surface area contributed by atoms with Crippen molar-refractivity contribution in [3.63, 3.8) is 0 Å². The van der Waals surface area contributed by atoms with Gasteiger partial charge in [-0.3, -0.25) is 0 Å². The molecule has 0 fully saturated rings. The van der Waals surface area contributed by atoms with Crippen LogP contribution in [0.3, 0.4) is 0 Å². The maximum Gasteiger partial charge on any atom is 0 e. The van der Waals surface area contributed by atoms with E-state index in [2.05, 4.69) is 0 Å². The van der Waals surface area contributed by atoms with Gasteiger partial charge in [0.05, 0.1) is 0 Å². The van der Waals surface area contributed by atoms with Crippen LogP contribution >= 0.6 is 0 Å². The summed E-state index contributed by atoms with van der Waals surface area (Å²) in [5.41, 5.74) is 0. The third-order valence-electron chi connectivity index (χ3n) is 0. The molecule has 5 heavy (non-hydrogen) atoms. The van der Waals surface area contributed by atoms with Crippen LogP contribution in [0.25, 0.3) is 0 Å². The molecule has 0 unspecified atom stereocenters. The molecular weight excluding hydrogens is 471 g/mol. The molecular formula is H8BiCaFeInV. The minimum Gasteiger partial charge on any atom is 0 e. The van der Waals surface area contributed by atoms with Crippen LogP contribution in [-0.2, 0) is 35.6 Å². The van der Waals surface area contributed by atoms with Crippen LogP contribution in [0.15, 0.2) is 0 Å². The van der Waals surface area contributed by atoms with Gasteiger partial charge in [0, 0.05) is 35.6 Å². The molecule has 0 aliphatic rings. The van der Waals surface area contributed by atoms with Crippen LogP contribution in [0.1, 0.15) is 0 Å². The molecule has 0 atom stereocenters. The van der Waals surface area contributed by atoms with Gasteiger partial charge in [-0.1, -0.05) is 0 Å². The van der Waals surface area contributed by atoms with Crippen LogP contribution < -0.4 is 0 Å². The van der Waals surface area contributed by atoms with E-state index in [0.717, 1.165) is 0 Å². The first kappa shape index (κ1) is 35.4. The quantitative estimate of drug-likeness (QED) is 0.320. The minimum atomic E-state index is 0. The summed E-state index contributed by atoms with van der Waals surface area (Å²) in [6, 6.07) is 0. The van der Waals surface area contributed by atoms with Gasteiger partial charge in [-0.2, -0.15) is 0 Å². The summed E-state index contributed by atoms with van der Waals surface area (Å²) in [4.78, 5) is 0. The Labute approximate surface area is 122 Å². The molecule has 0 saturated heterocycles. The van der Waals surface area contributed by atoms with Crippen molar-refractivity contribution in [3.05, 3.63) is 0 Å². The zero-order chi connectivity index (χ0) is 0. The molecule has 0 aliphatic heterocycles. The Balaban J connectivity index is 0. The fourth-order valence-corrected chi connectivity index (χ4v) is 0. The summed E-state index contributed by atoms with van der Waals surface area (Å²) >= 11 is 0. The maximum atomic E-state index is 0. The molecule has 0 aromatic heterocycles. The minimum absolute atomic E-state index is 0. The van der Waals surface area contributed by atoms with E-state index in [9.17, 15) is 0 Å². The molecule has 0 aromatic rings. The number of hydrogen-bond acceptors (Lipinski definition) is 0. The van der Waals surface area contributed by atoms with Crippen molar-refractivity contribution in [2.24, 2.45) is 0 Å². The summed E-state index contributed by atoms with van der Waals surface area (Å²) in [6.45, 7) is 0. The Kier molecular flexibility index (Phi) is 172. The zero-order valence-corrected chi connectivity index (χ0v) is 9.51.